The predicted octanol–water partition coefficient (Wildman–Crippen LogP) is 7.20. The molecule has 0 saturated heterocycles. The molecule has 3 nitrogen and oxygen atoms in total. The molecule has 3 aromatic carbocycles. The van der Waals surface area contributed by atoms with Gasteiger partial charge in [-0.3, -0.25) is 4.98 Å². The van der Waals surface area contributed by atoms with Gasteiger partial charge in [-0.15, -0.1) is 0 Å². The minimum absolute atomic E-state index is 0.725. The quantitative estimate of drug-likeness (QED) is 0.354. The van der Waals surface area contributed by atoms with Crippen LogP contribution in [0.2, 0.25) is 0 Å². The number of hydrogen-bond acceptors (Lipinski definition) is 3. The average Bonchev–Trinajstić information content (AvgIpc) is 2.71. The van der Waals surface area contributed by atoms with E-state index in [0.29, 0.717) is 0 Å². The van der Waals surface area contributed by atoms with Gasteiger partial charge in [0.25, 0.3) is 0 Å². The van der Waals surface area contributed by atoms with Crippen LogP contribution in [0.3, 0.4) is 0 Å². The molecule has 0 bridgehead atoms. The van der Waals surface area contributed by atoms with Crippen molar-refractivity contribution in [2.75, 3.05) is 0 Å². The number of hydrogen-bond donors (Lipinski definition) is 0. The van der Waals surface area contributed by atoms with Gasteiger partial charge in [0.05, 0.1) is 34.9 Å². The van der Waals surface area contributed by atoms with Crippen LogP contribution in [0.25, 0.3) is 33.8 Å². The third-order valence-electron chi connectivity index (χ3n) is 5.70. The van der Waals surface area contributed by atoms with Crippen LogP contribution in [-0.2, 0) is 0 Å². The van der Waals surface area contributed by atoms with Crippen molar-refractivity contribution in [2.24, 2.45) is 0 Å². The lowest BCUT2D eigenvalue weighted by atomic mass is 9.96. The van der Waals surface area contributed by atoms with Gasteiger partial charge in [0.2, 0.25) is 0 Å². The molecule has 0 N–H and O–H groups in total. The molecule has 1 aromatic heterocycles. The monoisotopic (exact) mass is 417 g/mol. The van der Waals surface area contributed by atoms with Crippen molar-refractivity contribution in [1.29, 1.82) is 5.26 Å². The molecule has 0 aliphatic heterocycles. The Balaban J connectivity index is 1.98. The van der Waals surface area contributed by atoms with E-state index in [2.05, 4.69) is 70.2 Å². The SMILES string of the molecule is Cc1cc(C)cc(-c2ncc(-c3cc(C)c(C#N)c(C)c3)nc2-c2cc(C)cc(C)c2)c1. The van der Waals surface area contributed by atoms with Crippen molar-refractivity contribution in [2.45, 2.75) is 41.5 Å². The Morgan fingerprint density at radius 2 is 1.06 bits per heavy atom. The molecule has 4 aromatic rings. The van der Waals surface area contributed by atoms with Crippen molar-refractivity contribution in [1.82, 2.24) is 9.97 Å². The summed E-state index contributed by atoms with van der Waals surface area (Å²) in [6, 6.07) is 19.4. The minimum atomic E-state index is 0.725. The van der Waals surface area contributed by atoms with Gasteiger partial charge in [-0.1, -0.05) is 34.4 Å². The predicted molar refractivity (Wildman–Crippen MR) is 131 cm³/mol. The van der Waals surface area contributed by atoms with E-state index < -0.39 is 0 Å². The summed E-state index contributed by atoms with van der Waals surface area (Å²) in [5.41, 5.74) is 13.1. The van der Waals surface area contributed by atoms with Gasteiger partial charge in [0.15, 0.2) is 0 Å². The van der Waals surface area contributed by atoms with Crippen LogP contribution in [0.1, 0.15) is 38.9 Å². The molecular weight excluding hydrogens is 390 g/mol. The molecule has 0 radical (unpaired) electrons. The van der Waals surface area contributed by atoms with Crippen LogP contribution < -0.4 is 0 Å². The molecule has 4 rings (SSSR count). The lowest BCUT2D eigenvalue weighted by Gasteiger charge is -2.14. The van der Waals surface area contributed by atoms with Gasteiger partial charge < -0.3 is 0 Å². The summed E-state index contributed by atoms with van der Waals surface area (Å²) in [5.74, 6) is 0. The van der Waals surface area contributed by atoms with Crippen molar-refractivity contribution in [3.05, 3.63) is 93.7 Å². The summed E-state index contributed by atoms with van der Waals surface area (Å²) in [6.07, 6.45) is 1.85. The van der Waals surface area contributed by atoms with Crippen LogP contribution in [0.15, 0.2) is 54.7 Å². The van der Waals surface area contributed by atoms with E-state index in [-0.39, 0.29) is 0 Å². The number of benzene rings is 3. The first kappa shape index (κ1) is 21.5. The number of aryl methyl sites for hydroxylation is 6. The van der Waals surface area contributed by atoms with Crippen molar-refractivity contribution in [3.63, 3.8) is 0 Å². The molecule has 1 heterocycles. The molecule has 32 heavy (non-hydrogen) atoms. The van der Waals surface area contributed by atoms with Crippen molar-refractivity contribution in [3.8, 4) is 39.8 Å². The molecule has 0 spiro atoms. The average molecular weight is 418 g/mol. The van der Waals surface area contributed by atoms with Crippen molar-refractivity contribution >= 4 is 0 Å². The first-order valence-electron chi connectivity index (χ1n) is 10.8. The molecule has 0 saturated carbocycles. The molecule has 0 amide bonds. The Kier molecular flexibility index (Phi) is 5.63. The summed E-state index contributed by atoms with van der Waals surface area (Å²) >= 11 is 0. The Morgan fingerprint density at radius 3 is 1.53 bits per heavy atom. The fourth-order valence-corrected chi connectivity index (χ4v) is 4.45. The Labute approximate surface area is 190 Å². The highest BCUT2D eigenvalue weighted by Gasteiger charge is 2.16. The van der Waals surface area contributed by atoms with Gasteiger partial charge in [-0.2, -0.15) is 5.26 Å². The standard InChI is InChI=1S/C29H27N3/c1-17-7-18(2)10-24(9-17)28-29(25-11-19(3)8-20(4)12-25)32-27(16-31-28)23-13-21(5)26(15-30)22(6)14-23/h7-14,16H,1-6H3. The fourth-order valence-electron chi connectivity index (χ4n) is 4.45. The smallest absolute Gasteiger partial charge is 0.0997 e. The molecule has 0 aliphatic rings. The molecule has 158 valence electrons. The molecule has 3 heteroatoms. The maximum Gasteiger partial charge on any atom is 0.0997 e. The number of nitriles is 1. The lowest BCUT2D eigenvalue weighted by molar-refractivity contribution is 1.20. The van der Waals surface area contributed by atoms with Gasteiger partial charge in [0, 0.05) is 16.7 Å². The van der Waals surface area contributed by atoms with E-state index in [0.717, 1.165) is 50.5 Å². The van der Waals surface area contributed by atoms with E-state index >= 15 is 0 Å². The van der Waals surface area contributed by atoms with E-state index in [1.165, 1.54) is 22.3 Å². The molecule has 0 fully saturated rings. The van der Waals surface area contributed by atoms with E-state index in [1.54, 1.807) is 0 Å². The number of rotatable bonds is 3. The summed E-state index contributed by atoms with van der Waals surface area (Å²) in [5, 5.41) is 9.43. The highest BCUT2D eigenvalue weighted by atomic mass is 14.8. The van der Waals surface area contributed by atoms with E-state index in [9.17, 15) is 5.26 Å². The molecule has 0 atom stereocenters. The van der Waals surface area contributed by atoms with E-state index in [1.807, 2.05) is 32.2 Å². The third-order valence-corrected chi connectivity index (χ3v) is 5.70. The first-order valence-corrected chi connectivity index (χ1v) is 10.8. The minimum Gasteiger partial charge on any atom is -0.252 e. The fraction of sp³-hybridized carbons (Fsp3) is 0.207. The van der Waals surface area contributed by atoms with Crippen molar-refractivity contribution < 1.29 is 0 Å². The summed E-state index contributed by atoms with van der Waals surface area (Å²) < 4.78 is 0. The van der Waals surface area contributed by atoms with Gasteiger partial charge in [0.1, 0.15) is 0 Å². The summed E-state index contributed by atoms with van der Waals surface area (Å²) in [6.45, 7) is 12.4. The topological polar surface area (TPSA) is 49.6 Å². The number of nitrogens with zero attached hydrogens (tertiary/aromatic N) is 3. The molecular formula is C29H27N3. The van der Waals surface area contributed by atoms with Crippen LogP contribution in [0.5, 0.6) is 0 Å². The first-order chi connectivity index (χ1) is 15.2. The Morgan fingerprint density at radius 1 is 0.594 bits per heavy atom. The summed E-state index contributed by atoms with van der Waals surface area (Å²) in [7, 11) is 0. The van der Waals surface area contributed by atoms with Gasteiger partial charge in [-0.25, -0.2) is 4.98 Å². The number of aromatic nitrogens is 2. The largest absolute Gasteiger partial charge is 0.252 e. The van der Waals surface area contributed by atoms with Gasteiger partial charge in [-0.05, 0) is 89.1 Å². The second-order valence-corrected chi connectivity index (χ2v) is 8.80. The van der Waals surface area contributed by atoms with Crippen LogP contribution in [0.4, 0.5) is 0 Å². The van der Waals surface area contributed by atoms with Crippen LogP contribution in [0, 0.1) is 52.9 Å². The van der Waals surface area contributed by atoms with Crippen LogP contribution in [-0.4, -0.2) is 9.97 Å². The zero-order valence-electron chi connectivity index (χ0n) is 19.5. The zero-order valence-corrected chi connectivity index (χ0v) is 19.5. The maximum atomic E-state index is 9.43. The molecule has 0 unspecified atom stereocenters. The highest BCUT2D eigenvalue weighted by molar-refractivity contribution is 5.81. The Hall–Kier alpha value is -3.77. The van der Waals surface area contributed by atoms with E-state index in [4.69, 9.17) is 9.97 Å². The zero-order chi connectivity index (χ0) is 23.0. The third kappa shape index (κ3) is 4.18. The van der Waals surface area contributed by atoms with Crippen LogP contribution >= 0.6 is 0 Å². The lowest BCUT2D eigenvalue weighted by Crippen LogP contribution is -1.99. The normalized spacial score (nSPS) is 10.8. The summed E-state index contributed by atoms with van der Waals surface area (Å²) in [4.78, 5) is 10.0. The maximum absolute atomic E-state index is 9.43. The molecule has 0 aliphatic carbocycles. The second kappa shape index (κ2) is 8.40. The second-order valence-electron chi connectivity index (χ2n) is 8.80. The van der Waals surface area contributed by atoms with Gasteiger partial charge >= 0.3 is 0 Å². The highest BCUT2D eigenvalue weighted by Crippen LogP contribution is 2.34. The Bertz CT molecular complexity index is 1330.